The lowest BCUT2D eigenvalue weighted by atomic mass is 9.62. The minimum Gasteiger partial charge on any atom is -0.490 e. The molecule has 2 aromatic rings. The first-order chi connectivity index (χ1) is 25.1. The van der Waals surface area contributed by atoms with E-state index in [0.29, 0.717) is 30.0 Å². The van der Waals surface area contributed by atoms with Gasteiger partial charge in [0.15, 0.2) is 0 Å². The van der Waals surface area contributed by atoms with Crippen molar-refractivity contribution in [2.75, 3.05) is 64.4 Å². The molecule has 2 aromatic carbocycles. The van der Waals surface area contributed by atoms with Crippen molar-refractivity contribution in [3.8, 4) is 5.75 Å². The molecule has 3 aliphatic heterocycles. The topological polar surface area (TPSA) is 74.3 Å². The third-order valence-electron chi connectivity index (χ3n) is 13.2. The van der Waals surface area contributed by atoms with Gasteiger partial charge in [-0.1, -0.05) is 43.9 Å². The van der Waals surface area contributed by atoms with E-state index >= 15 is 0 Å². The summed E-state index contributed by atoms with van der Waals surface area (Å²) in [5, 5.41) is 0.616. The van der Waals surface area contributed by atoms with Crippen LogP contribution in [0.4, 0.5) is 5.69 Å². The Balaban J connectivity index is 1.20. The van der Waals surface area contributed by atoms with Crippen LogP contribution in [0.3, 0.4) is 0 Å². The van der Waals surface area contributed by atoms with Crippen LogP contribution in [0.15, 0.2) is 36.4 Å². The minimum atomic E-state index is -1.45. The molecule has 1 N–H and O–H groups in total. The molecular weight excluding hydrogens is 692 g/mol. The Morgan fingerprint density at radius 1 is 1.12 bits per heavy atom. The maximum Gasteiger partial charge on any atom is 0.263 e. The van der Waals surface area contributed by atoms with E-state index in [1.165, 1.54) is 56.3 Å². The van der Waals surface area contributed by atoms with Gasteiger partial charge >= 0.3 is 0 Å². The molecule has 2 aliphatic carbocycles. The first-order valence-electron chi connectivity index (χ1n) is 20.2. The van der Waals surface area contributed by atoms with Crippen LogP contribution in [0, 0.1) is 11.8 Å². The lowest BCUT2D eigenvalue weighted by Crippen LogP contribution is -2.62. The number of piperidine rings is 1. The smallest absolute Gasteiger partial charge is 0.263 e. The number of nitrogens with zero attached hydrogens (tertiary/aromatic N) is 3. The Morgan fingerprint density at radius 2 is 1.98 bits per heavy atom. The Labute approximate surface area is 319 Å². The first kappa shape index (κ1) is 38.1. The van der Waals surface area contributed by atoms with Crippen molar-refractivity contribution >= 4 is 34.2 Å². The van der Waals surface area contributed by atoms with Gasteiger partial charge in [-0.15, -0.1) is 0 Å². The molecule has 7 rings (SSSR count). The average molecular weight is 753 g/mol. The van der Waals surface area contributed by atoms with Gasteiger partial charge in [-0.05, 0) is 125 Å². The number of hydrogen-bond acceptors (Lipinski definition) is 7. The number of unbranched alkanes of at least 4 members (excludes halogenated alkanes) is 1. The third kappa shape index (κ3) is 7.82. The number of carbonyl (C=O) groups is 1. The van der Waals surface area contributed by atoms with Gasteiger partial charge in [-0.25, -0.2) is 4.21 Å². The molecular formula is C42H61ClN4O4S. The summed E-state index contributed by atoms with van der Waals surface area (Å²) in [5.41, 5.74) is 3.74. The first-order valence-corrected chi connectivity index (χ1v) is 21.8. The maximum absolute atomic E-state index is 13.4. The Morgan fingerprint density at radius 3 is 2.75 bits per heavy atom. The normalized spacial score (nSPS) is 28.1. The highest BCUT2D eigenvalue weighted by Gasteiger charge is 2.50. The number of hydrogen-bond donors (Lipinski definition) is 1. The van der Waals surface area contributed by atoms with E-state index in [2.05, 4.69) is 38.5 Å². The summed E-state index contributed by atoms with van der Waals surface area (Å²) in [4.78, 5) is 21.4. The predicted octanol–water partition coefficient (Wildman–Crippen LogP) is 7.39. The highest BCUT2D eigenvalue weighted by atomic mass is 35.5. The summed E-state index contributed by atoms with van der Waals surface area (Å²) in [6.07, 6.45) is 12.9. The van der Waals surface area contributed by atoms with Gasteiger partial charge in [0.1, 0.15) is 16.7 Å². The second-order valence-electron chi connectivity index (χ2n) is 16.8. The molecule has 0 radical (unpaired) electrons. The predicted molar refractivity (Wildman–Crippen MR) is 212 cm³/mol. The third-order valence-corrected chi connectivity index (χ3v) is 14.7. The van der Waals surface area contributed by atoms with E-state index in [-0.39, 0.29) is 22.2 Å². The molecule has 8 nitrogen and oxygen atoms in total. The molecule has 3 heterocycles. The van der Waals surface area contributed by atoms with Crippen molar-refractivity contribution in [2.24, 2.45) is 11.8 Å². The van der Waals surface area contributed by atoms with Gasteiger partial charge in [-0.3, -0.25) is 19.3 Å². The van der Waals surface area contributed by atoms with Gasteiger partial charge in [0.25, 0.3) is 5.91 Å². The zero-order valence-electron chi connectivity index (χ0n) is 32.0. The van der Waals surface area contributed by atoms with Gasteiger partial charge in [0.2, 0.25) is 0 Å². The Bertz CT molecular complexity index is 1610. The lowest BCUT2D eigenvalue weighted by Gasteiger charge is -2.54. The fraction of sp³-hybridized carbons (Fsp3) is 0.690. The van der Waals surface area contributed by atoms with E-state index in [1.807, 2.05) is 45.2 Å². The number of piperazine rings is 1. The second-order valence-corrected chi connectivity index (χ2v) is 19.0. The van der Waals surface area contributed by atoms with Gasteiger partial charge in [0.05, 0.1) is 17.9 Å². The molecule has 286 valence electrons. The summed E-state index contributed by atoms with van der Waals surface area (Å²) >= 11 is 6.53. The lowest BCUT2D eigenvalue weighted by molar-refractivity contribution is -0.136. The summed E-state index contributed by atoms with van der Waals surface area (Å²) in [7, 11) is 0.520. The van der Waals surface area contributed by atoms with Crippen LogP contribution in [0.2, 0.25) is 5.02 Å². The second kappa shape index (κ2) is 16.3. The number of fused-ring (bicyclic) bond motifs is 4. The molecule has 1 amide bonds. The van der Waals surface area contributed by atoms with Crippen molar-refractivity contribution in [3.63, 3.8) is 0 Å². The zero-order valence-corrected chi connectivity index (χ0v) is 33.5. The molecule has 6 atom stereocenters. The van der Waals surface area contributed by atoms with Crippen molar-refractivity contribution in [2.45, 2.75) is 114 Å². The molecule has 2 saturated heterocycles. The van der Waals surface area contributed by atoms with Gasteiger partial charge < -0.3 is 14.4 Å². The number of anilines is 1. The van der Waals surface area contributed by atoms with Crippen molar-refractivity contribution in [1.82, 2.24) is 14.5 Å². The summed E-state index contributed by atoms with van der Waals surface area (Å²) < 4.78 is 28.9. The number of methoxy groups -OCH3 is 1. The molecule has 4 unspecified atom stereocenters. The molecule has 10 heteroatoms. The Kier molecular flexibility index (Phi) is 11.9. The van der Waals surface area contributed by atoms with Crippen molar-refractivity contribution < 1.29 is 18.5 Å². The van der Waals surface area contributed by atoms with Gasteiger partial charge in [0, 0.05) is 73.7 Å². The van der Waals surface area contributed by atoms with Gasteiger partial charge in [-0.2, -0.15) is 0 Å². The number of nitrogens with one attached hydrogen (secondary N) is 1. The summed E-state index contributed by atoms with van der Waals surface area (Å²) in [6, 6.07) is 12.8. The molecule has 0 aromatic heterocycles. The van der Waals surface area contributed by atoms with Crippen LogP contribution in [-0.4, -0.2) is 96.3 Å². The molecule has 1 spiro atoms. The van der Waals surface area contributed by atoms with E-state index in [9.17, 15) is 9.00 Å². The van der Waals surface area contributed by atoms with Crippen LogP contribution in [0.5, 0.6) is 5.75 Å². The zero-order chi connectivity index (χ0) is 36.5. The number of halogens is 1. The number of carbonyl (C=O) groups excluding carboxylic acids is 1. The van der Waals surface area contributed by atoms with E-state index in [4.69, 9.17) is 21.1 Å². The number of amides is 1. The number of ether oxygens (including phenoxy) is 2. The van der Waals surface area contributed by atoms with Crippen molar-refractivity contribution in [1.29, 1.82) is 0 Å². The molecule has 1 saturated carbocycles. The van der Waals surface area contributed by atoms with Crippen LogP contribution in [0.1, 0.15) is 106 Å². The monoisotopic (exact) mass is 752 g/mol. The molecule has 0 bridgehead atoms. The molecule has 52 heavy (non-hydrogen) atoms. The number of benzene rings is 2. The van der Waals surface area contributed by atoms with Crippen LogP contribution in [0.25, 0.3) is 0 Å². The highest BCUT2D eigenvalue weighted by molar-refractivity contribution is 7.84. The Hall–Kier alpha value is -2.17. The largest absolute Gasteiger partial charge is 0.490 e. The van der Waals surface area contributed by atoms with E-state index < -0.39 is 11.0 Å². The number of aryl methyl sites for hydroxylation is 1. The molecule has 5 aliphatic rings. The minimum absolute atomic E-state index is 0.166. The fourth-order valence-corrected chi connectivity index (χ4v) is 10.9. The maximum atomic E-state index is 13.4. The summed E-state index contributed by atoms with van der Waals surface area (Å²) in [5.74, 6) is 1.40. The van der Waals surface area contributed by atoms with Crippen LogP contribution in [-0.2, 0) is 27.6 Å². The van der Waals surface area contributed by atoms with E-state index in [0.717, 1.165) is 87.7 Å². The van der Waals surface area contributed by atoms with Crippen molar-refractivity contribution in [3.05, 3.63) is 58.1 Å². The SMILES string of the molecule is CCCC[C@@](CN1CCN2CCCCC2C1)(OC)C1CCC1CN1C[C@@]2(CCCc3cc(Cl)ccc32)COc2ccc(C(=O)NS(=O)C(C)C)cc21. The highest BCUT2D eigenvalue weighted by Crippen LogP contribution is 2.50. The standard InChI is InChI=1S/C42H61ClN4O4S/c1-5-6-19-42(50-4,28-45-21-22-46-20-8-7-11-35(46)26-45)37-15-12-33(37)25-47-27-41(18-9-10-31-23-34(43)14-16-36(31)41)29-51-39-17-13-32(24-38(39)47)40(48)44-52(49)30(2)3/h13-14,16-17,23-24,30,33,35,37H,5-12,15,18-22,25-29H2,1-4H3,(H,44,48)/t33?,35?,37?,41-,42-,52?/m0/s1. The number of rotatable bonds is 12. The molecule has 3 fully saturated rings. The quantitative estimate of drug-likeness (QED) is 0.243. The summed E-state index contributed by atoms with van der Waals surface area (Å²) in [6.45, 7) is 14.0. The fourth-order valence-electron chi connectivity index (χ4n) is 10.2. The van der Waals surface area contributed by atoms with E-state index in [1.54, 1.807) is 0 Å². The van der Waals surface area contributed by atoms with Crippen LogP contribution < -0.4 is 14.4 Å². The van der Waals surface area contributed by atoms with Crippen LogP contribution >= 0.6 is 11.6 Å². The average Bonchev–Trinajstić information content (AvgIpc) is 3.28.